The lowest BCUT2D eigenvalue weighted by atomic mass is 10.1. The van der Waals surface area contributed by atoms with Gasteiger partial charge in [0.05, 0.1) is 6.10 Å². The molecule has 0 radical (unpaired) electrons. The van der Waals surface area contributed by atoms with Gasteiger partial charge >= 0.3 is 5.97 Å². The molecule has 0 aliphatic carbocycles. The zero-order chi connectivity index (χ0) is 24.2. The van der Waals surface area contributed by atoms with Gasteiger partial charge in [-0.05, 0) is 48.9 Å². The molecular formula is C29H31ClO4. The van der Waals surface area contributed by atoms with Crippen molar-refractivity contribution in [3.8, 4) is 11.5 Å². The Kier molecular flexibility index (Phi) is 10.1. The van der Waals surface area contributed by atoms with Gasteiger partial charge in [0.25, 0.3) is 0 Å². The molecule has 0 fully saturated rings. The van der Waals surface area contributed by atoms with Gasteiger partial charge in [-0.25, -0.2) is 4.79 Å². The Labute approximate surface area is 207 Å². The number of benzene rings is 3. The molecule has 0 saturated carbocycles. The van der Waals surface area contributed by atoms with Crippen LogP contribution in [0.1, 0.15) is 53.2 Å². The van der Waals surface area contributed by atoms with Gasteiger partial charge in [0, 0.05) is 11.9 Å². The number of rotatable bonds is 13. The SMILES string of the molecule is C=CCCC[C@H](C)OC(=O)c1c(CCl)cc(OCc2ccccc2)cc1OCc1ccccc1. The van der Waals surface area contributed by atoms with E-state index in [2.05, 4.69) is 6.58 Å². The van der Waals surface area contributed by atoms with Crippen molar-refractivity contribution in [1.29, 1.82) is 0 Å². The van der Waals surface area contributed by atoms with Crippen molar-refractivity contribution < 1.29 is 19.0 Å². The second-order valence-electron chi connectivity index (χ2n) is 8.07. The Hall–Kier alpha value is -3.24. The highest BCUT2D eigenvalue weighted by molar-refractivity contribution is 6.17. The highest BCUT2D eigenvalue weighted by Crippen LogP contribution is 2.32. The fourth-order valence-electron chi connectivity index (χ4n) is 3.51. The van der Waals surface area contributed by atoms with Crippen LogP contribution in [0.4, 0.5) is 0 Å². The summed E-state index contributed by atoms with van der Waals surface area (Å²) in [7, 11) is 0. The van der Waals surface area contributed by atoms with Crippen LogP contribution in [0.2, 0.25) is 0 Å². The fourth-order valence-corrected chi connectivity index (χ4v) is 3.72. The number of carbonyl (C=O) groups excluding carboxylic acids is 1. The first-order chi connectivity index (χ1) is 16.6. The van der Waals surface area contributed by atoms with Crippen molar-refractivity contribution in [2.75, 3.05) is 0 Å². The minimum Gasteiger partial charge on any atom is -0.489 e. The maximum Gasteiger partial charge on any atom is 0.342 e. The van der Waals surface area contributed by atoms with Crippen LogP contribution in [0.25, 0.3) is 0 Å². The molecule has 0 unspecified atom stereocenters. The van der Waals surface area contributed by atoms with E-state index >= 15 is 0 Å². The number of esters is 1. The monoisotopic (exact) mass is 478 g/mol. The van der Waals surface area contributed by atoms with Gasteiger partial charge < -0.3 is 14.2 Å². The summed E-state index contributed by atoms with van der Waals surface area (Å²) in [6.07, 6.45) is 4.18. The van der Waals surface area contributed by atoms with Crippen LogP contribution in [-0.4, -0.2) is 12.1 Å². The molecule has 3 rings (SSSR count). The lowest BCUT2D eigenvalue weighted by Crippen LogP contribution is -2.17. The molecule has 3 aromatic rings. The van der Waals surface area contributed by atoms with Crippen molar-refractivity contribution in [1.82, 2.24) is 0 Å². The Bertz CT molecular complexity index is 1050. The smallest absolute Gasteiger partial charge is 0.342 e. The number of unbranched alkanes of at least 4 members (excludes halogenated alkanes) is 1. The van der Waals surface area contributed by atoms with E-state index in [1.54, 1.807) is 12.1 Å². The molecule has 34 heavy (non-hydrogen) atoms. The molecule has 0 spiro atoms. The predicted octanol–water partition coefficient (Wildman–Crippen LogP) is 7.49. The van der Waals surface area contributed by atoms with Crippen LogP contribution < -0.4 is 9.47 Å². The van der Waals surface area contributed by atoms with E-state index in [1.807, 2.05) is 73.7 Å². The van der Waals surface area contributed by atoms with Crippen LogP contribution in [-0.2, 0) is 23.8 Å². The minimum atomic E-state index is -0.445. The van der Waals surface area contributed by atoms with E-state index in [1.165, 1.54) is 0 Å². The largest absolute Gasteiger partial charge is 0.489 e. The Morgan fingerprint density at radius 3 is 2.18 bits per heavy atom. The maximum absolute atomic E-state index is 13.2. The summed E-state index contributed by atoms with van der Waals surface area (Å²) in [5, 5.41) is 0. The number of hydrogen-bond donors (Lipinski definition) is 0. The van der Waals surface area contributed by atoms with Crippen molar-refractivity contribution in [2.24, 2.45) is 0 Å². The molecule has 0 N–H and O–H groups in total. The van der Waals surface area contributed by atoms with E-state index in [0.29, 0.717) is 35.8 Å². The van der Waals surface area contributed by atoms with E-state index in [4.69, 9.17) is 25.8 Å². The number of carbonyl (C=O) groups is 1. The van der Waals surface area contributed by atoms with Gasteiger partial charge in [0.2, 0.25) is 0 Å². The van der Waals surface area contributed by atoms with E-state index in [-0.39, 0.29) is 12.0 Å². The number of hydrogen-bond acceptors (Lipinski definition) is 4. The Morgan fingerprint density at radius 1 is 0.971 bits per heavy atom. The molecule has 0 aromatic heterocycles. The van der Waals surface area contributed by atoms with Crippen LogP contribution >= 0.6 is 11.6 Å². The summed E-state index contributed by atoms with van der Waals surface area (Å²) in [4.78, 5) is 13.2. The molecule has 0 aliphatic heterocycles. The second-order valence-corrected chi connectivity index (χ2v) is 8.34. The molecule has 3 aromatic carbocycles. The van der Waals surface area contributed by atoms with Crippen molar-refractivity contribution in [3.05, 3.63) is 108 Å². The topological polar surface area (TPSA) is 44.8 Å². The first-order valence-electron chi connectivity index (χ1n) is 11.5. The summed E-state index contributed by atoms with van der Waals surface area (Å²) < 4.78 is 17.8. The highest BCUT2D eigenvalue weighted by Gasteiger charge is 2.23. The predicted molar refractivity (Wildman–Crippen MR) is 136 cm³/mol. The molecule has 1 atom stereocenters. The van der Waals surface area contributed by atoms with Crippen LogP contribution in [0.3, 0.4) is 0 Å². The molecule has 0 heterocycles. The molecular weight excluding hydrogens is 448 g/mol. The van der Waals surface area contributed by atoms with Gasteiger partial charge in [-0.3, -0.25) is 0 Å². The molecule has 0 bridgehead atoms. The number of alkyl halides is 1. The van der Waals surface area contributed by atoms with Gasteiger partial charge in [0.1, 0.15) is 30.3 Å². The Balaban J connectivity index is 1.84. The third-order valence-corrected chi connectivity index (χ3v) is 5.61. The van der Waals surface area contributed by atoms with Gasteiger partial charge in [-0.2, -0.15) is 0 Å². The third kappa shape index (κ3) is 7.67. The summed E-state index contributed by atoms with van der Waals surface area (Å²) >= 11 is 6.26. The second kappa shape index (κ2) is 13.5. The number of ether oxygens (including phenoxy) is 3. The molecule has 4 nitrogen and oxygen atoms in total. The minimum absolute atomic E-state index is 0.125. The molecule has 0 amide bonds. The number of halogens is 1. The number of allylic oxidation sites excluding steroid dienone is 1. The van der Waals surface area contributed by atoms with Gasteiger partial charge in [-0.15, -0.1) is 18.2 Å². The van der Waals surface area contributed by atoms with Gasteiger partial charge in [0.15, 0.2) is 0 Å². The summed E-state index contributed by atoms with van der Waals surface area (Å²) in [6, 6.07) is 23.2. The summed E-state index contributed by atoms with van der Waals surface area (Å²) in [6.45, 7) is 6.33. The lowest BCUT2D eigenvalue weighted by Gasteiger charge is -2.19. The van der Waals surface area contributed by atoms with Gasteiger partial charge in [-0.1, -0.05) is 66.7 Å². The van der Waals surface area contributed by atoms with Crippen molar-refractivity contribution in [2.45, 2.75) is 51.4 Å². The summed E-state index contributed by atoms with van der Waals surface area (Å²) in [5.74, 6) is 0.658. The molecule has 5 heteroatoms. The first kappa shape index (κ1) is 25.4. The zero-order valence-corrected chi connectivity index (χ0v) is 20.3. The van der Waals surface area contributed by atoms with Crippen LogP contribution in [0.5, 0.6) is 11.5 Å². The fraction of sp³-hybridized carbons (Fsp3) is 0.276. The van der Waals surface area contributed by atoms with Crippen molar-refractivity contribution in [3.63, 3.8) is 0 Å². The summed E-state index contributed by atoms with van der Waals surface area (Å²) in [5.41, 5.74) is 2.98. The highest BCUT2D eigenvalue weighted by atomic mass is 35.5. The normalized spacial score (nSPS) is 11.5. The van der Waals surface area contributed by atoms with E-state index < -0.39 is 5.97 Å². The lowest BCUT2D eigenvalue weighted by molar-refractivity contribution is 0.0315. The van der Waals surface area contributed by atoms with Crippen molar-refractivity contribution >= 4 is 17.6 Å². The first-order valence-corrected chi connectivity index (χ1v) is 12.0. The molecule has 0 aliphatic rings. The van der Waals surface area contributed by atoms with E-state index in [9.17, 15) is 4.79 Å². The quantitative estimate of drug-likeness (QED) is 0.110. The third-order valence-electron chi connectivity index (χ3n) is 5.32. The van der Waals surface area contributed by atoms with Crippen LogP contribution in [0, 0.1) is 0 Å². The standard InChI is InChI=1S/C29H31ClO4/c1-3-4-7-12-22(2)34-29(31)28-25(19-30)17-26(32-20-23-13-8-5-9-14-23)18-27(28)33-21-24-15-10-6-11-16-24/h3,5-6,8-11,13-18,22H,1,4,7,12,19-21H2,2H3/t22-/m0/s1. The zero-order valence-electron chi connectivity index (χ0n) is 19.5. The Morgan fingerprint density at radius 2 is 1.59 bits per heavy atom. The molecule has 0 saturated heterocycles. The molecule has 178 valence electrons. The van der Waals surface area contributed by atoms with Crippen LogP contribution in [0.15, 0.2) is 85.5 Å². The average Bonchev–Trinajstić information content (AvgIpc) is 2.87. The average molecular weight is 479 g/mol. The maximum atomic E-state index is 13.2. The van der Waals surface area contributed by atoms with E-state index in [0.717, 1.165) is 30.4 Å².